The first-order chi connectivity index (χ1) is 8.52. The van der Waals surface area contributed by atoms with Crippen molar-refractivity contribution in [2.24, 2.45) is 0 Å². The summed E-state index contributed by atoms with van der Waals surface area (Å²) in [5, 5.41) is 4.33. The zero-order chi connectivity index (χ0) is 13.3. The fourth-order valence-electron chi connectivity index (χ4n) is 1.80. The Morgan fingerprint density at radius 2 is 1.94 bits per heavy atom. The SMILES string of the molecule is CCNC(c1cc(C)c(C)s1)c1cc(Cl)c(Br)s1. The average molecular weight is 365 g/mol. The van der Waals surface area contributed by atoms with Crippen LogP contribution in [-0.2, 0) is 0 Å². The van der Waals surface area contributed by atoms with Crippen LogP contribution in [0.25, 0.3) is 0 Å². The predicted molar refractivity (Wildman–Crippen MR) is 86.3 cm³/mol. The maximum Gasteiger partial charge on any atom is 0.0888 e. The highest BCUT2D eigenvalue weighted by Crippen LogP contribution is 2.39. The van der Waals surface area contributed by atoms with Crippen molar-refractivity contribution < 1.29 is 0 Å². The molecule has 2 aromatic heterocycles. The van der Waals surface area contributed by atoms with Crippen molar-refractivity contribution in [3.05, 3.63) is 41.1 Å². The van der Waals surface area contributed by atoms with Crippen LogP contribution >= 0.6 is 50.2 Å². The number of hydrogen-bond donors (Lipinski definition) is 1. The summed E-state index contributed by atoms with van der Waals surface area (Å²) in [4.78, 5) is 4.00. The smallest absolute Gasteiger partial charge is 0.0888 e. The minimum absolute atomic E-state index is 0.251. The van der Waals surface area contributed by atoms with E-state index in [0.29, 0.717) is 0 Å². The molecule has 0 aromatic carbocycles. The molecule has 2 aromatic rings. The van der Waals surface area contributed by atoms with Crippen LogP contribution in [0.1, 0.15) is 33.2 Å². The molecule has 0 fully saturated rings. The molecule has 0 aliphatic carbocycles. The molecule has 1 nitrogen and oxygen atoms in total. The Bertz CT molecular complexity index is 462. The van der Waals surface area contributed by atoms with Gasteiger partial charge in [0.15, 0.2) is 0 Å². The summed E-state index contributed by atoms with van der Waals surface area (Å²) in [7, 11) is 0. The van der Waals surface area contributed by atoms with Gasteiger partial charge in [0.1, 0.15) is 0 Å². The summed E-state index contributed by atoms with van der Waals surface area (Å²) in [5.74, 6) is 0. The fourth-order valence-corrected chi connectivity index (χ4v) is 4.85. The van der Waals surface area contributed by atoms with Crippen molar-refractivity contribution in [2.75, 3.05) is 6.54 Å². The lowest BCUT2D eigenvalue weighted by molar-refractivity contribution is 0.648. The van der Waals surface area contributed by atoms with E-state index in [1.807, 2.05) is 17.4 Å². The van der Waals surface area contributed by atoms with Gasteiger partial charge in [-0.2, -0.15) is 0 Å². The van der Waals surface area contributed by atoms with Crippen LogP contribution in [0.2, 0.25) is 5.02 Å². The Morgan fingerprint density at radius 3 is 2.39 bits per heavy atom. The predicted octanol–water partition coefficient (Wildman–Crippen LogP) is 5.54. The van der Waals surface area contributed by atoms with Crippen molar-refractivity contribution in [1.29, 1.82) is 0 Å². The molecule has 0 spiro atoms. The van der Waals surface area contributed by atoms with Crippen LogP contribution in [0, 0.1) is 13.8 Å². The van der Waals surface area contributed by atoms with Crippen molar-refractivity contribution >= 4 is 50.2 Å². The lowest BCUT2D eigenvalue weighted by Gasteiger charge is -2.14. The van der Waals surface area contributed by atoms with Gasteiger partial charge in [-0.05, 0) is 54.0 Å². The Balaban J connectivity index is 2.39. The standard InChI is InChI=1S/C13H15BrClNS2/c1-4-16-12(10-5-7(2)8(3)17-10)11-6-9(15)13(14)18-11/h5-6,12,16H,4H2,1-3H3. The molecule has 98 valence electrons. The lowest BCUT2D eigenvalue weighted by atomic mass is 10.1. The van der Waals surface area contributed by atoms with Gasteiger partial charge in [-0.25, -0.2) is 0 Å². The van der Waals surface area contributed by atoms with Gasteiger partial charge in [0, 0.05) is 14.6 Å². The maximum atomic E-state index is 6.14. The average Bonchev–Trinajstić information content (AvgIpc) is 2.81. The van der Waals surface area contributed by atoms with Gasteiger partial charge >= 0.3 is 0 Å². The van der Waals surface area contributed by atoms with Gasteiger partial charge < -0.3 is 5.32 Å². The maximum absolute atomic E-state index is 6.14. The number of hydrogen-bond acceptors (Lipinski definition) is 3. The third kappa shape index (κ3) is 2.99. The Hall–Kier alpha value is 0.130. The summed E-state index contributed by atoms with van der Waals surface area (Å²) in [6.45, 7) is 7.40. The number of aryl methyl sites for hydroxylation is 2. The van der Waals surface area contributed by atoms with Crippen LogP contribution in [0.15, 0.2) is 15.9 Å². The van der Waals surface area contributed by atoms with E-state index in [1.54, 1.807) is 11.3 Å². The van der Waals surface area contributed by atoms with Crippen LogP contribution in [-0.4, -0.2) is 6.54 Å². The van der Waals surface area contributed by atoms with Crippen molar-refractivity contribution in [3.8, 4) is 0 Å². The first-order valence-corrected chi connectivity index (χ1v) is 8.58. The molecule has 0 saturated carbocycles. The second-order valence-corrected chi connectivity index (χ2v) is 8.25. The van der Waals surface area contributed by atoms with Gasteiger partial charge in [0.25, 0.3) is 0 Å². The highest BCUT2D eigenvalue weighted by molar-refractivity contribution is 9.11. The molecular formula is C13H15BrClNS2. The van der Waals surface area contributed by atoms with Gasteiger partial charge in [-0.15, -0.1) is 22.7 Å². The highest BCUT2D eigenvalue weighted by Gasteiger charge is 2.19. The van der Waals surface area contributed by atoms with E-state index in [2.05, 4.69) is 48.1 Å². The monoisotopic (exact) mass is 363 g/mol. The topological polar surface area (TPSA) is 12.0 Å². The molecule has 0 bridgehead atoms. The number of halogens is 2. The molecule has 5 heteroatoms. The van der Waals surface area contributed by atoms with E-state index in [-0.39, 0.29) is 6.04 Å². The molecule has 0 amide bonds. The molecule has 1 N–H and O–H groups in total. The second-order valence-electron chi connectivity index (χ2n) is 4.15. The summed E-state index contributed by atoms with van der Waals surface area (Å²) >= 11 is 13.2. The molecule has 1 unspecified atom stereocenters. The quantitative estimate of drug-likeness (QED) is 0.751. The molecule has 0 aliphatic rings. The first-order valence-electron chi connectivity index (χ1n) is 5.78. The van der Waals surface area contributed by atoms with Crippen molar-refractivity contribution in [2.45, 2.75) is 26.8 Å². The van der Waals surface area contributed by atoms with Crippen LogP contribution in [0.4, 0.5) is 0 Å². The summed E-state index contributed by atoms with van der Waals surface area (Å²) < 4.78 is 1.01. The zero-order valence-corrected chi connectivity index (χ0v) is 14.5. The van der Waals surface area contributed by atoms with E-state index in [1.165, 1.54) is 20.2 Å². The fraction of sp³-hybridized carbons (Fsp3) is 0.385. The minimum atomic E-state index is 0.251. The molecule has 0 radical (unpaired) electrons. The molecule has 2 heterocycles. The van der Waals surface area contributed by atoms with E-state index in [0.717, 1.165) is 15.4 Å². The van der Waals surface area contributed by atoms with E-state index in [9.17, 15) is 0 Å². The largest absolute Gasteiger partial charge is 0.305 e. The number of nitrogens with one attached hydrogen (secondary N) is 1. The normalized spacial score (nSPS) is 12.9. The Labute approximate surface area is 129 Å². The molecular weight excluding hydrogens is 350 g/mol. The molecule has 0 saturated heterocycles. The van der Waals surface area contributed by atoms with E-state index in [4.69, 9.17) is 11.6 Å². The van der Waals surface area contributed by atoms with Crippen molar-refractivity contribution in [3.63, 3.8) is 0 Å². The summed E-state index contributed by atoms with van der Waals surface area (Å²) in [6, 6.07) is 4.57. The van der Waals surface area contributed by atoms with Gasteiger partial charge in [-0.3, -0.25) is 0 Å². The van der Waals surface area contributed by atoms with Crippen LogP contribution in [0.3, 0.4) is 0 Å². The van der Waals surface area contributed by atoms with E-state index >= 15 is 0 Å². The first kappa shape index (κ1) is 14.5. The third-order valence-corrected chi connectivity index (χ3v) is 6.58. The van der Waals surface area contributed by atoms with Crippen LogP contribution < -0.4 is 5.32 Å². The Morgan fingerprint density at radius 1 is 1.28 bits per heavy atom. The number of rotatable bonds is 4. The van der Waals surface area contributed by atoms with E-state index < -0.39 is 0 Å². The molecule has 2 rings (SSSR count). The lowest BCUT2D eigenvalue weighted by Crippen LogP contribution is -2.20. The molecule has 1 atom stereocenters. The van der Waals surface area contributed by atoms with Crippen molar-refractivity contribution in [1.82, 2.24) is 5.32 Å². The highest BCUT2D eigenvalue weighted by atomic mass is 79.9. The minimum Gasteiger partial charge on any atom is -0.305 e. The number of thiophene rings is 2. The van der Waals surface area contributed by atoms with Gasteiger partial charge in [0.05, 0.1) is 14.9 Å². The Kier molecular flexibility index (Phi) is 4.89. The summed E-state index contributed by atoms with van der Waals surface area (Å²) in [6.07, 6.45) is 0. The second kappa shape index (κ2) is 6.06. The van der Waals surface area contributed by atoms with Gasteiger partial charge in [0.2, 0.25) is 0 Å². The van der Waals surface area contributed by atoms with Gasteiger partial charge in [-0.1, -0.05) is 18.5 Å². The molecule has 18 heavy (non-hydrogen) atoms. The summed E-state index contributed by atoms with van der Waals surface area (Å²) in [5.41, 5.74) is 1.36. The zero-order valence-electron chi connectivity index (χ0n) is 10.5. The van der Waals surface area contributed by atoms with Crippen LogP contribution in [0.5, 0.6) is 0 Å². The third-order valence-electron chi connectivity index (χ3n) is 2.83. The molecule has 0 aliphatic heterocycles.